The summed E-state index contributed by atoms with van der Waals surface area (Å²) < 4.78 is 17.3. The van der Waals surface area contributed by atoms with E-state index in [2.05, 4.69) is 39.0 Å². The minimum absolute atomic E-state index is 0.0386. The Hall–Kier alpha value is -4.16. The van der Waals surface area contributed by atoms with Crippen LogP contribution in [0, 0.1) is 5.92 Å². The molecule has 0 aromatic carbocycles. The molecule has 5 amide bonds. The maximum absolute atomic E-state index is 12.7. The summed E-state index contributed by atoms with van der Waals surface area (Å²) in [5.41, 5.74) is 3.84. The van der Waals surface area contributed by atoms with Crippen molar-refractivity contribution in [2.75, 3.05) is 20.1 Å². The minimum atomic E-state index is -1.57. The van der Waals surface area contributed by atoms with Crippen molar-refractivity contribution >= 4 is 35.5 Å². The van der Waals surface area contributed by atoms with Crippen molar-refractivity contribution in [3.63, 3.8) is 0 Å². The van der Waals surface area contributed by atoms with Crippen molar-refractivity contribution in [2.24, 2.45) is 5.92 Å². The van der Waals surface area contributed by atoms with Crippen molar-refractivity contribution < 1.29 is 53.2 Å². The summed E-state index contributed by atoms with van der Waals surface area (Å²) in [7, 11) is 1.86. The second-order valence-corrected chi connectivity index (χ2v) is 15.4. The van der Waals surface area contributed by atoms with E-state index in [1.807, 2.05) is 27.0 Å². The topological polar surface area (TPSA) is 243 Å². The first kappa shape index (κ1) is 49.0. The Morgan fingerprint density at radius 1 is 0.965 bits per heavy atom. The van der Waals surface area contributed by atoms with Crippen molar-refractivity contribution in [1.29, 1.82) is 0 Å². The van der Waals surface area contributed by atoms with E-state index in [9.17, 15) is 39.0 Å². The molecular weight excluding hydrogens is 740 g/mol. The van der Waals surface area contributed by atoms with E-state index in [1.54, 1.807) is 19.1 Å². The average Bonchev–Trinajstić information content (AvgIpc) is 3.13. The minimum Gasteiger partial charge on any atom is -0.459 e. The van der Waals surface area contributed by atoms with Gasteiger partial charge >= 0.3 is 5.97 Å². The molecule has 0 aromatic heterocycles. The van der Waals surface area contributed by atoms with Crippen LogP contribution in [0.3, 0.4) is 0 Å². The summed E-state index contributed by atoms with van der Waals surface area (Å²) >= 11 is 0. The summed E-state index contributed by atoms with van der Waals surface area (Å²) in [6, 6.07) is -1.20. The number of amides is 5. The summed E-state index contributed by atoms with van der Waals surface area (Å²) in [5, 5.41) is 32.8. The van der Waals surface area contributed by atoms with E-state index >= 15 is 0 Å². The number of esters is 1. The van der Waals surface area contributed by atoms with Gasteiger partial charge < -0.3 is 45.7 Å². The zero-order valence-electron chi connectivity index (χ0n) is 34.7. The van der Waals surface area contributed by atoms with Gasteiger partial charge in [0, 0.05) is 25.8 Å². The van der Waals surface area contributed by atoms with Gasteiger partial charge in [-0.25, -0.2) is 0 Å². The molecule has 322 valence electrons. The fourth-order valence-electron chi connectivity index (χ4n) is 6.52. The van der Waals surface area contributed by atoms with Crippen molar-refractivity contribution in [1.82, 2.24) is 32.1 Å². The average molecular weight is 807 g/mol. The summed E-state index contributed by atoms with van der Waals surface area (Å²) in [6.07, 6.45) is 8.30. The lowest BCUT2D eigenvalue weighted by atomic mass is 9.84. The third-order valence-corrected chi connectivity index (χ3v) is 9.86. The number of aliphatic hydroxyl groups excluding tert-OH is 1. The van der Waals surface area contributed by atoms with Gasteiger partial charge in [-0.05, 0) is 85.9 Å². The lowest BCUT2D eigenvalue weighted by Gasteiger charge is -2.42. The summed E-state index contributed by atoms with van der Waals surface area (Å²) in [6.45, 7) is 12.3. The number of unbranched alkanes of at least 4 members (excludes halogenated alkanes) is 2. The Labute approximate surface area is 336 Å². The molecule has 2 aliphatic heterocycles. The maximum Gasteiger partial charge on any atom is 0.303 e. The number of carbonyl (C=O) groups is 6. The van der Waals surface area contributed by atoms with Crippen LogP contribution in [-0.4, -0.2) is 120 Å². The quantitative estimate of drug-likeness (QED) is 0.0281. The van der Waals surface area contributed by atoms with Gasteiger partial charge in [0.15, 0.2) is 0 Å². The highest BCUT2D eigenvalue weighted by Crippen LogP contribution is 2.32. The van der Waals surface area contributed by atoms with Crippen LogP contribution < -0.4 is 32.1 Å². The van der Waals surface area contributed by atoms with Gasteiger partial charge in [-0.15, -0.1) is 0 Å². The zero-order chi connectivity index (χ0) is 42.7. The molecule has 17 nitrogen and oxygen atoms in total. The van der Waals surface area contributed by atoms with Crippen LogP contribution in [0.5, 0.6) is 0 Å². The van der Waals surface area contributed by atoms with E-state index in [1.165, 1.54) is 32.9 Å². The Bertz CT molecular complexity index is 1450. The van der Waals surface area contributed by atoms with Crippen LogP contribution >= 0.6 is 0 Å². The van der Waals surface area contributed by atoms with Gasteiger partial charge in [0.25, 0.3) is 5.91 Å². The number of hydrazine groups is 1. The van der Waals surface area contributed by atoms with Gasteiger partial charge in [0.1, 0.15) is 24.4 Å². The maximum atomic E-state index is 12.7. The Morgan fingerprint density at radius 3 is 2.37 bits per heavy atom. The number of hydrogen-bond donors (Lipinski definition) is 8. The highest BCUT2D eigenvalue weighted by atomic mass is 16.5. The van der Waals surface area contributed by atoms with Crippen LogP contribution in [0.2, 0.25) is 0 Å². The Balaban J connectivity index is 1.82. The first-order valence-electron chi connectivity index (χ1n) is 19.8. The van der Waals surface area contributed by atoms with Crippen LogP contribution in [0.1, 0.15) is 99.8 Å². The molecule has 2 saturated heterocycles. The third kappa shape index (κ3) is 18.8. The van der Waals surface area contributed by atoms with Gasteiger partial charge in [-0.2, -0.15) is 0 Å². The predicted octanol–water partition coefficient (Wildman–Crippen LogP) is 0.893. The molecule has 8 N–H and O–H groups in total. The molecule has 2 fully saturated rings. The highest BCUT2D eigenvalue weighted by molar-refractivity contribution is 5.91. The van der Waals surface area contributed by atoms with Crippen LogP contribution in [0.4, 0.5) is 0 Å². The SMILES string of the molecule is CNCCCCCC(=O)NCC(=O)NC(C)C(=O)NNC(=O)C[C@@H]1C[C@](C)(O)[C@H](O)[C@@H](/C=C/C(C)=C/C[C@@H]2OC(C)C(NC(=O)/C=C\C(C)OC(C)=O)CC2C)O1. The standard InChI is InChI=1S/C40H66N6O11/c1-24(13-16-32-25(2)20-31(28(5)56-32)44-35(49)18-15-26(3)55-29(6)47)14-17-33-38(52)40(7,54)22-30(57-33)21-36(50)45-46-39(53)27(4)43-37(51)23-42-34(48)12-10-9-11-19-41-8/h13-15,17-18,25-28,30-33,38,41,52,54H,9-12,16,19-23H2,1-8H3,(H,42,48)(H,43,51)(H,44,49)(H,45,50)(H,46,53)/b17-14+,18-15-,24-13+/t25?,26?,27?,28?,30-,31?,32+,33-,38-,40+/m1/s1. The number of ether oxygens (including phenoxy) is 3. The third-order valence-electron chi connectivity index (χ3n) is 9.86. The molecule has 2 rings (SSSR count). The first-order chi connectivity index (χ1) is 26.8. The lowest BCUT2D eigenvalue weighted by Crippen LogP contribution is -2.56. The number of allylic oxidation sites excluding steroid dienone is 2. The molecule has 2 aliphatic rings. The fraction of sp³-hybridized carbons (Fsp3) is 0.700. The number of hydrogen-bond acceptors (Lipinski definition) is 12. The second-order valence-electron chi connectivity index (χ2n) is 15.4. The monoisotopic (exact) mass is 806 g/mol. The van der Waals surface area contributed by atoms with E-state index < -0.39 is 59.7 Å². The number of nitrogens with one attached hydrogen (secondary N) is 6. The molecule has 0 spiro atoms. The van der Waals surface area contributed by atoms with Crippen LogP contribution in [0.15, 0.2) is 36.0 Å². The molecular formula is C40H66N6O11. The molecule has 0 aliphatic carbocycles. The van der Waals surface area contributed by atoms with E-state index in [0.29, 0.717) is 25.7 Å². The number of carbonyl (C=O) groups excluding carboxylic acids is 6. The molecule has 0 radical (unpaired) electrons. The van der Waals surface area contributed by atoms with Gasteiger partial charge in [0.05, 0.1) is 42.9 Å². The van der Waals surface area contributed by atoms with Gasteiger partial charge in [0.2, 0.25) is 23.6 Å². The molecule has 2 heterocycles. The molecule has 17 heteroatoms. The molecule has 5 unspecified atom stereocenters. The smallest absolute Gasteiger partial charge is 0.303 e. The Kier molecular flexibility index (Phi) is 21.1. The first-order valence-corrected chi connectivity index (χ1v) is 19.8. The Morgan fingerprint density at radius 2 is 1.68 bits per heavy atom. The van der Waals surface area contributed by atoms with Crippen LogP contribution in [-0.2, 0) is 43.0 Å². The van der Waals surface area contributed by atoms with E-state index in [0.717, 1.165) is 25.0 Å². The molecule has 0 saturated carbocycles. The second kappa shape index (κ2) is 24.6. The van der Waals surface area contributed by atoms with E-state index in [4.69, 9.17) is 14.2 Å². The van der Waals surface area contributed by atoms with Crippen molar-refractivity contribution in [3.8, 4) is 0 Å². The zero-order valence-corrected chi connectivity index (χ0v) is 34.7. The largest absolute Gasteiger partial charge is 0.459 e. The molecule has 0 bridgehead atoms. The highest BCUT2D eigenvalue weighted by Gasteiger charge is 2.44. The number of rotatable bonds is 20. The predicted molar refractivity (Wildman–Crippen MR) is 212 cm³/mol. The van der Waals surface area contributed by atoms with Gasteiger partial charge in [-0.1, -0.05) is 37.1 Å². The van der Waals surface area contributed by atoms with Crippen molar-refractivity contribution in [3.05, 3.63) is 36.0 Å². The van der Waals surface area contributed by atoms with Crippen molar-refractivity contribution in [2.45, 2.75) is 154 Å². The van der Waals surface area contributed by atoms with Gasteiger partial charge in [-0.3, -0.25) is 39.6 Å². The molecule has 57 heavy (non-hydrogen) atoms. The molecule has 10 atom stereocenters. The normalized spacial score (nSPS) is 27.6. The van der Waals surface area contributed by atoms with E-state index in [-0.39, 0.29) is 55.4 Å². The summed E-state index contributed by atoms with van der Waals surface area (Å²) in [5.74, 6) is -2.70. The lowest BCUT2D eigenvalue weighted by molar-refractivity contribution is -0.196. The number of aliphatic hydroxyl groups is 2. The summed E-state index contributed by atoms with van der Waals surface area (Å²) in [4.78, 5) is 72.9. The molecule has 0 aromatic rings. The fourth-order valence-corrected chi connectivity index (χ4v) is 6.52. The van der Waals surface area contributed by atoms with Crippen LogP contribution in [0.25, 0.3) is 0 Å².